The lowest BCUT2D eigenvalue weighted by Gasteiger charge is -2.06. The zero-order chi connectivity index (χ0) is 11.1. The van der Waals surface area contributed by atoms with Gasteiger partial charge in [0.15, 0.2) is 11.5 Å². The molecule has 0 fully saturated rings. The molecule has 0 saturated carbocycles. The van der Waals surface area contributed by atoms with Crippen molar-refractivity contribution in [2.45, 2.75) is 13.3 Å². The number of hydrogen-bond donors (Lipinski definition) is 1. The van der Waals surface area contributed by atoms with E-state index in [1.165, 1.54) is 13.3 Å². The summed E-state index contributed by atoms with van der Waals surface area (Å²) in [4.78, 5) is 4.54. The van der Waals surface area contributed by atoms with Gasteiger partial charge in [-0.25, -0.2) is 0 Å². The molecule has 0 aromatic heterocycles. The van der Waals surface area contributed by atoms with E-state index >= 15 is 0 Å². The topological polar surface area (TPSA) is 51.0 Å². The van der Waals surface area contributed by atoms with Gasteiger partial charge in [0, 0.05) is 0 Å². The van der Waals surface area contributed by atoms with Gasteiger partial charge in [-0.15, -0.1) is 0 Å². The van der Waals surface area contributed by atoms with E-state index in [2.05, 4.69) is 9.99 Å². The minimum absolute atomic E-state index is 0.114. The molecule has 0 atom stereocenters. The average Bonchev–Trinajstić information content (AvgIpc) is 2.25. The molecule has 1 aromatic carbocycles. The van der Waals surface area contributed by atoms with E-state index in [4.69, 9.17) is 4.74 Å². The molecule has 0 aliphatic rings. The van der Waals surface area contributed by atoms with Gasteiger partial charge in [0.05, 0.1) is 12.8 Å². The molecule has 15 heavy (non-hydrogen) atoms. The monoisotopic (exact) mass is 209 g/mol. The van der Waals surface area contributed by atoms with E-state index in [1.54, 1.807) is 18.2 Å². The number of aromatic hydroxyl groups is 1. The third-order valence-electron chi connectivity index (χ3n) is 1.75. The molecule has 0 heterocycles. The Morgan fingerprint density at radius 3 is 2.87 bits per heavy atom. The van der Waals surface area contributed by atoms with Crippen molar-refractivity contribution in [1.82, 2.24) is 0 Å². The molecule has 0 saturated heterocycles. The van der Waals surface area contributed by atoms with Crippen LogP contribution < -0.4 is 4.74 Å². The number of hydrogen-bond acceptors (Lipinski definition) is 4. The van der Waals surface area contributed by atoms with Crippen molar-refractivity contribution in [1.29, 1.82) is 0 Å². The van der Waals surface area contributed by atoms with Gasteiger partial charge in [-0.3, -0.25) is 0 Å². The molecule has 1 aromatic rings. The van der Waals surface area contributed by atoms with Gasteiger partial charge in [0.25, 0.3) is 0 Å². The van der Waals surface area contributed by atoms with E-state index in [9.17, 15) is 5.11 Å². The lowest BCUT2D eigenvalue weighted by atomic mass is 10.2. The molecule has 4 heteroatoms. The first-order chi connectivity index (χ1) is 7.27. The van der Waals surface area contributed by atoms with E-state index in [1.807, 2.05) is 6.92 Å². The van der Waals surface area contributed by atoms with Gasteiger partial charge < -0.3 is 14.7 Å². The lowest BCUT2D eigenvalue weighted by Crippen LogP contribution is -1.95. The largest absolute Gasteiger partial charge is 0.504 e. The highest BCUT2D eigenvalue weighted by Crippen LogP contribution is 2.26. The second kappa shape index (κ2) is 5.90. The molecular weight excluding hydrogens is 194 g/mol. The first-order valence-electron chi connectivity index (χ1n) is 4.80. The molecule has 1 N–H and O–H groups in total. The van der Waals surface area contributed by atoms with E-state index in [0.717, 1.165) is 12.0 Å². The van der Waals surface area contributed by atoms with E-state index in [0.29, 0.717) is 12.4 Å². The van der Waals surface area contributed by atoms with Crippen molar-refractivity contribution in [2.24, 2.45) is 5.16 Å². The summed E-state index contributed by atoms with van der Waals surface area (Å²) < 4.78 is 5.32. The van der Waals surface area contributed by atoms with Crippen molar-refractivity contribution in [3.05, 3.63) is 23.8 Å². The highest BCUT2D eigenvalue weighted by atomic mass is 16.6. The Kier molecular flexibility index (Phi) is 4.47. The summed E-state index contributed by atoms with van der Waals surface area (Å²) in [5.74, 6) is 0.606. The fraction of sp³-hybridized carbons (Fsp3) is 0.364. The van der Waals surface area contributed by atoms with Gasteiger partial charge in [-0.1, -0.05) is 12.1 Å². The molecule has 0 spiro atoms. The van der Waals surface area contributed by atoms with Crippen LogP contribution >= 0.6 is 0 Å². The van der Waals surface area contributed by atoms with Crippen LogP contribution in [0.2, 0.25) is 0 Å². The third kappa shape index (κ3) is 3.50. The van der Waals surface area contributed by atoms with Crippen LogP contribution in [-0.2, 0) is 4.84 Å². The van der Waals surface area contributed by atoms with Crippen molar-refractivity contribution in [3.8, 4) is 11.5 Å². The number of oxime groups is 1. The Morgan fingerprint density at radius 1 is 1.47 bits per heavy atom. The van der Waals surface area contributed by atoms with Gasteiger partial charge in [-0.2, -0.15) is 0 Å². The smallest absolute Gasteiger partial charge is 0.160 e. The predicted octanol–water partition coefficient (Wildman–Crippen LogP) is 2.16. The van der Waals surface area contributed by atoms with Crippen LogP contribution in [0, 0.1) is 0 Å². The molecule has 0 radical (unpaired) electrons. The number of benzene rings is 1. The summed E-state index contributed by atoms with van der Waals surface area (Å²) in [5, 5.41) is 13.2. The summed E-state index contributed by atoms with van der Waals surface area (Å²) in [6, 6.07) is 5.09. The Bertz CT molecular complexity index is 337. The van der Waals surface area contributed by atoms with Crippen LogP contribution in [0.25, 0.3) is 0 Å². The maximum Gasteiger partial charge on any atom is 0.160 e. The quantitative estimate of drug-likeness (QED) is 0.597. The second-order valence-electron chi connectivity index (χ2n) is 2.99. The van der Waals surface area contributed by atoms with Crippen LogP contribution in [0.5, 0.6) is 11.5 Å². The minimum Gasteiger partial charge on any atom is -0.504 e. The fourth-order valence-corrected chi connectivity index (χ4v) is 1.06. The maximum absolute atomic E-state index is 9.59. The third-order valence-corrected chi connectivity index (χ3v) is 1.75. The van der Waals surface area contributed by atoms with Crippen LogP contribution in [0.15, 0.2) is 23.4 Å². The Balaban J connectivity index is 2.74. The molecule has 0 unspecified atom stereocenters. The van der Waals surface area contributed by atoms with Crippen molar-refractivity contribution in [3.63, 3.8) is 0 Å². The number of phenols is 1. The maximum atomic E-state index is 9.59. The lowest BCUT2D eigenvalue weighted by molar-refractivity contribution is 0.215. The van der Waals surface area contributed by atoms with Gasteiger partial charge in [0.1, 0.15) is 7.11 Å². The highest BCUT2D eigenvalue weighted by Gasteiger charge is 2.02. The Labute approximate surface area is 89.1 Å². The van der Waals surface area contributed by atoms with Crippen molar-refractivity contribution in [2.75, 3.05) is 13.7 Å². The number of nitrogens with zero attached hydrogens (tertiary/aromatic N) is 1. The molecule has 1 rings (SSSR count). The highest BCUT2D eigenvalue weighted by molar-refractivity contribution is 5.80. The Morgan fingerprint density at radius 2 is 2.27 bits per heavy atom. The molecular formula is C11H15NO3. The zero-order valence-electron chi connectivity index (χ0n) is 8.93. The van der Waals surface area contributed by atoms with Gasteiger partial charge >= 0.3 is 0 Å². The molecule has 0 bridgehead atoms. The summed E-state index contributed by atoms with van der Waals surface area (Å²) in [7, 11) is 1.47. The molecule has 0 amide bonds. The van der Waals surface area contributed by atoms with Crippen LogP contribution in [0.3, 0.4) is 0 Å². The minimum atomic E-state index is 0.114. The summed E-state index contributed by atoms with van der Waals surface area (Å²) in [5.41, 5.74) is 0.762. The number of ether oxygens (including phenoxy) is 1. The normalized spacial score (nSPS) is 10.5. The number of rotatable bonds is 5. The summed E-state index contributed by atoms with van der Waals surface area (Å²) >= 11 is 0. The summed E-state index contributed by atoms with van der Waals surface area (Å²) in [6.07, 6.45) is 2.43. The summed E-state index contributed by atoms with van der Waals surface area (Å²) in [6.45, 7) is 2.61. The van der Waals surface area contributed by atoms with E-state index in [-0.39, 0.29) is 5.75 Å². The standard InChI is InChI=1S/C11H15NO3/c1-3-6-15-11-5-4-9(7-10(11)13)8-12-14-2/h4-5,7-8,13H,3,6H2,1-2H3. The SMILES string of the molecule is CCCOc1ccc(C=NOC)cc1O. The van der Waals surface area contributed by atoms with E-state index < -0.39 is 0 Å². The van der Waals surface area contributed by atoms with Gasteiger partial charge in [-0.05, 0) is 30.2 Å². The number of phenolic OH excluding ortho intramolecular Hbond substituents is 1. The van der Waals surface area contributed by atoms with Crippen molar-refractivity contribution < 1.29 is 14.7 Å². The second-order valence-corrected chi connectivity index (χ2v) is 2.99. The first-order valence-corrected chi connectivity index (χ1v) is 4.80. The van der Waals surface area contributed by atoms with Crippen LogP contribution in [0.1, 0.15) is 18.9 Å². The molecule has 0 aliphatic heterocycles. The van der Waals surface area contributed by atoms with Gasteiger partial charge in [0.2, 0.25) is 0 Å². The molecule has 82 valence electrons. The van der Waals surface area contributed by atoms with Crippen molar-refractivity contribution >= 4 is 6.21 Å². The Hall–Kier alpha value is -1.71. The first kappa shape index (κ1) is 11.4. The average molecular weight is 209 g/mol. The predicted molar refractivity (Wildman–Crippen MR) is 58.5 cm³/mol. The molecule has 0 aliphatic carbocycles. The zero-order valence-corrected chi connectivity index (χ0v) is 8.93. The van der Waals surface area contributed by atoms with Crippen LogP contribution in [0.4, 0.5) is 0 Å². The molecule has 4 nitrogen and oxygen atoms in total. The van der Waals surface area contributed by atoms with Crippen LogP contribution in [-0.4, -0.2) is 25.0 Å². The fourth-order valence-electron chi connectivity index (χ4n) is 1.06.